The van der Waals surface area contributed by atoms with Gasteiger partial charge in [-0.3, -0.25) is 9.78 Å². The number of para-hydroxylation sites is 1. The van der Waals surface area contributed by atoms with Crippen molar-refractivity contribution in [2.24, 2.45) is 0 Å². The Morgan fingerprint density at radius 1 is 0.867 bits per heavy atom. The quantitative estimate of drug-likeness (QED) is 0.272. The summed E-state index contributed by atoms with van der Waals surface area (Å²) >= 11 is 0. The molecule has 1 amide bonds. The molecule has 0 spiro atoms. The molecule has 0 fully saturated rings. The van der Waals surface area contributed by atoms with E-state index in [1.54, 1.807) is 11.2 Å². The number of hydrazine groups is 1. The lowest BCUT2D eigenvalue weighted by molar-refractivity contribution is 0.0913. The fraction of sp³-hybridized carbons (Fsp3) is 0.385. The van der Waals surface area contributed by atoms with Crippen molar-refractivity contribution >= 4 is 22.5 Å². The number of nitrogens with zero attached hydrogens (tertiary/aromatic N) is 3. The van der Waals surface area contributed by atoms with Gasteiger partial charge in [-0.1, -0.05) is 81.8 Å². The molecule has 4 nitrogen and oxygen atoms in total. The van der Waals surface area contributed by atoms with Gasteiger partial charge in [0.05, 0.1) is 17.4 Å². The van der Waals surface area contributed by atoms with Crippen molar-refractivity contribution in [1.82, 2.24) is 9.99 Å². The number of unbranched alkanes of at least 4 members (excludes halogenated alkanes) is 6. The summed E-state index contributed by atoms with van der Waals surface area (Å²) in [6, 6.07) is 19.5. The molecule has 0 atom stereocenters. The average molecular weight is 404 g/mol. The number of benzene rings is 2. The van der Waals surface area contributed by atoms with Crippen molar-refractivity contribution in [2.75, 3.05) is 18.6 Å². The van der Waals surface area contributed by atoms with Crippen LogP contribution in [0.5, 0.6) is 0 Å². The van der Waals surface area contributed by atoms with Gasteiger partial charge >= 0.3 is 0 Å². The van der Waals surface area contributed by atoms with Crippen LogP contribution in [0.15, 0.2) is 66.9 Å². The molecule has 3 rings (SSSR count). The minimum atomic E-state index is -0.0295. The van der Waals surface area contributed by atoms with Crippen LogP contribution in [-0.2, 0) is 0 Å². The van der Waals surface area contributed by atoms with Crippen LogP contribution in [0.1, 0.15) is 62.2 Å². The molecule has 0 aliphatic carbocycles. The highest BCUT2D eigenvalue weighted by molar-refractivity contribution is 6.06. The van der Waals surface area contributed by atoms with Gasteiger partial charge in [0, 0.05) is 24.5 Å². The van der Waals surface area contributed by atoms with E-state index in [2.05, 4.69) is 11.9 Å². The summed E-state index contributed by atoms with van der Waals surface area (Å²) < 4.78 is 0. The maximum Gasteiger partial charge on any atom is 0.272 e. The van der Waals surface area contributed by atoms with Crippen LogP contribution in [0.4, 0.5) is 5.69 Å². The number of hydrogen-bond acceptors (Lipinski definition) is 3. The second-order valence-corrected chi connectivity index (χ2v) is 7.87. The number of fused-ring (bicyclic) bond motifs is 1. The maximum atomic E-state index is 13.4. The number of rotatable bonds is 11. The Labute approximate surface area is 180 Å². The minimum absolute atomic E-state index is 0.0295. The van der Waals surface area contributed by atoms with Crippen molar-refractivity contribution in [1.29, 1.82) is 0 Å². The molecule has 0 aliphatic rings. The summed E-state index contributed by atoms with van der Waals surface area (Å²) in [4.78, 5) is 18.0. The summed E-state index contributed by atoms with van der Waals surface area (Å²) in [6.07, 6.45) is 10.6. The molecule has 158 valence electrons. The summed E-state index contributed by atoms with van der Waals surface area (Å²) in [6.45, 7) is 3.08. The van der Waals surface area contributed by atoms with Gasteiger partial charge in [0.25, 0.3) is 5.91 Å². The summed E-state index contributed by atoms with van der Waals surface area (Å²) in [5.74, 6) is -0.0295. The Hall–Kier alpha value is -2.72. The van der Waals surface area contributed by atoms with Crippen LogP contribution >= 0.6 is 0 Å². The number of hydrogen-bond donors (Lipinski definition) is 0. The average Bonchev–Trinajstić information content (AvgIpc) is 2.79. The third-order valence-corrected chi connectivity index (χ3v) is 5.46. The molecule has 2 aromatic carbocycles. The Morgan fingerprint density at radius 2 is 1.53 bits per heavy atom. The van der Waals surface area contributed by atoms with Gasteiger partial charge in [-0.25, -0.2) is 10.0 Å². The first-order valence-electron chi connectivity index (χ1n) is 11.2. The second-order valence-electron chi connectivity index (χ2n) is 7.87. The SMILES string of the molecule is CCCCCCCCCN(C)N(C(=O)c1ccccc1)c1cnc2ccccc2c1. The Balaban J connectivity index is 1.74. The Bertz CT molecular complexity index is 926. The highest BCUT2D eigenvalue weighted by Gasteiger charge is 2.22. The topological polar surface area (TPSA) is 36.4 Å². The van der Waals surface area contributed by atoms with E-state index in [-0.39, 0.29) is 5.91 Å². The maximum absolute atomic E-state index is 13.4. The minimum Gasteiger partial charge on any atom is -0.267 e. The zero-order valence-electron chi connectivity index (χ0n) is 18.3. The van der Waals surface area contributed by atoms with Crippen LogP contribution in [0.3, 0.4) is 0 Å². The normalized spacial score (nSPS) is 11.2. The van der Waals surface area contributed by atoms with Gasteiger partial charge in [-0.2, -0.15) is 0 Å². The third kappa shape index (κ3) is 5.90. The molecule has 0 aliphatic heterocycles. The lowest BCUT2D eigenvalue weighted by Gasteiger charge is -2.32. The first-order chi connectivity index (χ1) is 14.7. The van der Waals surface area contributed by atoms with Gasteiger partial charge in [0.2, 0.25) is 0 Å². The van der Waals surface area contributed by atoms with E-state index in [4.69, 9.17) is 0 Å². The highest BCUT2D eigenvalue weighted by Crippen LogP contribution is 2.23. The van der Waals surface area contributed by atoms with E-state index in [0.29, 0.717) is 5.56 Å². The predicted molar refractivity (Wildman–Crippen MR) is 126 cm³/mol. The zero-order valence-corrected chi connectivity index (χ0v) is 18.3. The number of pyridine rings is 1. The number of aromatic nitrogens is 1. The van der Waals surface area contributed by atoms with Gasteiger partial charge in [-0.05, 0) is 30.7 Å². The molecule has 0 bridgehead atoms. The first kappa shape index (κ1) is 22.0. The van der Waals surface area contributed by atoms with Crippen molar-refractivity contribution < 1.29 is 4.79 Å². The number of carbonyl (C=O) groups is 1. The van der Waals surface area contributed by atoms with E-state index in [1.807, 2.05) is 72.7 Å². The van der Waals surface area contributed by atoms with Gasteiger partial charge in [0.15, 0.2) is 0 Å². The number of amides is 1. The van der Waals surface area contributed by atoms with Crippen molar-refractivity contribution in [3.8, 4) is 0 Å². The standard InChI is InChI=1S/C26H33N3O/c1-3-4-5-6-7-8-14-19-28(2)29(26(30)22-15-10-9-11-16-22)24-20-23-17-12-13-18-25(23)27-21-24/h9-13,15-18,20-21H,3-8,14,19H2,1-2H3. The van der Waals surface area contributed by atoms with Gasteiger partial charge < -0.3 is 0 Å². The highest BCUT2D eigenvalue weighted by atomic mass is 16.2. The van der Waals surface area contributed by atoms with E-state index < -0.39 is 0 Å². The van der Waals surface area contributed by atoms with Crippen LogP contribution < -0.4 is 5.01 Å². The molecule has 0 N–H and O–H groups in total. The first-order valence-corrected chi connectivity index (χ1v) is 11.2. The van der Waals surface area contributed by atoms with Crippen molar-refractivity contribution in [3.05, 3.63) is 72.4 Å². The van der Waals surface area contributed by atoms with Crippen molar-refractivity contribution in [3.63, 3.8) is 0 Å². The van der Waals surface area contributed by atoms with Crippen LogP contribution in [0.25, 0.3) is 10.9 Å². The van der Waals surface area contributed by atoms with Crippen molar-refractivity contribution in [2.45, 2.75) is 51.9 Å². The molecule has 0 saturated heterocycles. The summed E-state index contributed by atoms with van der Waals surface area (Å²) in [5, 5.41) is 4.84. The molecular formula is C26H33N3O. The lowest BCUT2D eigenvalue weighted by Crippen LogP contribution is -2.45. The van der Waals surface area contributed by atoms with Gasteiger partial charge in [-0.15, -0.1) is 0 Å². The van der Waals surface area contributed by atoms with Crippen LogP contribution in [0.2, 0.25) is 0 Å². The van der Waals surface area contributed by atoms with Crippen LogP contribution in [-0.4, -0.2) is 29.5 Å². The molecule has 0 radical (unpaired) electrons. The third-order valence-electron chi connectivity index (χ3n) is 5.46. The van der Waals surface area contributed by atoms with E-state index in [1.165, 1.54) is 38.5 Å². The molecule has 1 aromatic heterocycles. The van der Waals surface area contributed by atoms with E-state index in [9.17, 15) is 4.79 Å². The summed E-state index contributed by atoms with van der Waals surface area (Å²) in [5.41, 5.74) is 2.41. The summed E-state index contributed by atoms with van der Waals surface area (Å²) in [7, 11) is 1.99. The zero-order chi connectivity index (χ0) is 21.2. The Morgan fingerprint density at radius 3 is 2.30 bits per heavy atom. The number of carbonyl (C=O) groups excluding carboxylic acids is 1. The molecule has 0 unspecified atom stereocenters. The monoisotopic (exact) mass is 403 g/mol. The molecule has 1 heterocycles. The van der Waals surface area contributed by atoms with Gasteiger partial charge in [0.1, 0.15) is 0 Å². The predicted octanol–water partition coefficient (Wildman–Crippen LogP) is 6.48. The van der Waals surface area contributed by atoms with E-state index in [0.717, 1.165) is 29.6 Å². The fourth-order valence-corrected chi connectivity index (χ4v) is 3.75. The Kier molecular flexibility index (Phi) is 8.40. The van der Waals surface area contributed by atoms with Crippen LogP contribution in [0, 0.1) is 0 Å². The van der Waals surface area contributed by atoms with E-state index >= 15 is 0 Å². The lowest BCUT2D eigenvalue weighted by atomic mass is 10.1. The molecule has 4 heteroatoms. The molecule has 3 aromatic rings. The largest absolute Gasteiger partial charge is 0.272 e. The molecule has 30 heavy (non-hydrogen) atoms. The number of anilines is 1. The molecular weight excluding hydrogens is 370 g/mol. The fourth-order valence-electron chi connectivity index (χ4n) is 3.75. The second kappa shape index (κ2) is 11.5. The molecule has 0 saturated carbocycles. The smallest absolute Gasteiger partial charge is 0.267 e.